The molecule has 2 rings (SSSR count). The molecule has 2 N–H and O–H groups in total. The minimum Gasteiger partial charge on any atom is -0.478 e. The van der Waals surface area contributed by atoms with Crippen molar-refractivity contribution in [3.63, 3.8) is 0 Å². The van der Waals surface area contributed by atoms with Crippen LogP contribution in [0.15, 0.2) is 34.7 Å². The van der Waals surface area contributed by atoms with Crippen molar-refractivity contribution in [1.82, 2.24) is 0 Å². The second-order valence-corrected chi connectivity index (χ2v) is 4.41. The van der Waals surface area contributed by atoms with Gasteiger partial charge >= 0.3 is 5.97 Å². The Morgan fingerprint density at radius 2 is 2.00 bits per heavy atom. The molecule has 20 heavy (non-hydrogen) atoms. The van der Waals surface area contributed by atoms with Crippen LogP contribution in [-0.4, -0.2) is 17.0 Å². The maximum absolute atomic E-state index is 12.0. The topological polar surface area (TPSA) is 79.5 Å². The third-order valence-corrected chi connectivity index (χ3v) is 2.97. The van der Waals surface area contributed by atoms with Crippen LogP contribution in [0.3, 0.4) is 0 Å². The fraction of sp³-hybridized carbons (Fsp3) is 0.200. The molecule has 0 saturated heterocycles. The normalized spacial score (nSPS) is 10.3. The lowest BCUT2D eigenvalue weighted by atomic mass is 10.1. The summed E-state index contributed by atoms with van der Waals surface area (Å²) in [5.74, 6) is -0.491. The average molecular weight is 273 g/mol. The molecule has 0 radical (unpaired) electrons. The third-order valence-electron chi connectivity index (χ3n) is 2.97. The van der Waals surface area contributed by atoms with Gasteiger partial charge in [0.05, 0.1) is 5.56 Å². The summed E-state index contributed by atoms with van der Waals surface area (Å²) in [6, 6.07) is 7.92. The second-order valence-electron chi connectivity index (χ2n) is 4.41. The number of rotatable bonds is 4. The number of benzene rings is 1. The van der Waals surface area contributed by atoms with Gasteiger partial charge in [0, 0.05) is 12.1 Å². The number of amides is 1. The number of carboxylic acids is 1. The molecule has 0 bridgehead atoms. The van der Waals surface area contributed by atoms with Gasteiger partial charge in [-0.1, -0.05) is 13.0 Å². The highest BCUT2D eigenvalue weighted by atomic mass is 16.4. The van der Waals surface area contributed by atoms with E-state index >= 15 is 0 Å². The van der Waals surface area contributed by atoms with Crippen LogP contribution in [0.4, 0.5) is 5.69 Å². The molecule has 0 fully saturated rings. The van der Waals surface area contributed by atoms with Crippen LogP contribution in [0.5, 0.6) is 0 Å². The van der Waals surface area contributed by atoms with Gasteiger partial charge in [-0.25, -0.2) is 4.79 Å². The highest BCUT2D eigenvalue weighted by Crippen LogP contribution is 2.19. The van der Waals surface area contributed by atoms with Crippen LogP contribution in [0.25, 0.3) is 0 Å². The molecule has 5 heteroatoms. The predicted octanol–water partition coefficient (Wildman–Crippen LogP) is 3.10. The molecule has 1 amide bonds. The monoisotopic (exact) mass is 273 g/mol. The smallest absolute Gasteiger partial charge is 0.335 e. The Bertz CT molecular complexity index is 658. The number of hydrogen-bond donors (Lipinski definition) is 2. The van der Waals surface area contributed by atoms with Crippen molar-refractivity contribution in [2.45, 2.75) is 20.3 Å². The first kappa shape index (κ1) is 13.9. The van der Waals surface area contributed by atoms with Crippen molar-refractivity contribution < 1.29 is 19.1 Å². The molecule has 104 valence electrons. The number of aryl methyl sites for hydroxylation is 2. The fourth-order valence-electron chi connectivity index (χ4n) is 1.76. The first-order chi connectivity index (χ1) is 9.51. The van der Waals surface area contributed by atoms with Crippen molar-refractivity contribution in [3.05, 3.63) is 53.0 Å². The predicted molar refractivity (Wildman–Crippen MR) is 74.2 cm³/mol. The number of aromatic carboxylic acids is 1. The van der Waals surface area contributed by atoms with Crippen molar-refractivity contribution in [3.8, 4) is 0 Å². The van der Waals surface area contributed by atoms with E-state index in [0.717, 1.165) is 11.3 Å². The Morgan fingerprint density at radius 3 is 2.60 bits per heavy atom. The van der Waals surface area contributed by atoms with Gasteiger partial charge in [0.1, 0.15) is 5.76 Å². The Labute approximate surface area is 116 Å². The fourth-order valence-corrected chi connectivity index (χ4v) is 1.76. The maximum Gasteiger partial charge on any atom is 0.335 e. The van der Waals surface area contributed by atoms with Crippen molar-refractivity contribution in [2.24, 2.45) is 0 Å². The van der Waals surface area contributed by atoms with Crippen LogP contribution in [-0.2, 0) is 6.42 Å². The summed E-state index contributed by atoms with van der Waals surface area (Å²) < 4.78 is 5.36. The molecule has 1 heterocycles. The number of hydrogen-bond acceptors (Lipinski definition) is 3. The molecule has 0 aliphatic heterocycles. The van der Waals surface area contributed by atoms with Crippen LogP contribution in [0.2, 0.25) is 0 Å². The zero-order valence-electron chi connectivity index (χ0n) is 11.3. The molecule has 0 spiro atoms. The van der Waals surface area contributed by atoms with Gasteiger partial charge in [0.25, 0.3) is 5.91 Å². The van der Waals surface area contributed by atoms with Crippen molar-refractivity contribution >= 4 is 17.6 Å². The zero-order valence-corrected chi connectivity index (χ0v) is 11.3. The molecule has 1 aromatic carbocycles. The van der Waals surface area contributed by atoms with E-state index in [4.69, 9.17) is 9.52 Å². The van der Waals surface area contributed by atoms with E-state index < -0.39 is 11.9 Å². The summed E-state index contributed by atoms with van der Waals surface area (Å²) in [6.07, 6.45) is 0.709. The Kier molecular flexibility index (Phi) is 3.89. The van der Waals surface area contributed by atoms with Gasteiger partial charge in [0.2, 0.25) is 0 Å². The van der Waals surface area contributed by atoms with Gasteiger partial charge in [-0.05, 0) is 36.8 Å². The van der Waals surface area contributed by atoms with Gasteiger partial charge in [0.15, 0.2) is 5.76 Å². The average Bonchev–Trinajstić information content (AvgIpc) is 2.89. The number of furan rings is 1. The van der Waals surface area contributed by atoms with Crippen LogP contribution < -0.4 is 5.32 Å². The van der Waals surface area contributed by atoms with Crippen LogP contribution in [0, 0.1) is 6.92 Å². The molecule has 0 aliphatic carbocycles. The van der Waals surface area contributed by atoms with E-state index in [1.54, 1.807) is 25.1 Å². The highest BCUT2D eigenvalue weighted by molar-refractivity contribution is 6.03. The number of carbonyl (C=O) groups excluding carboxylic acids is 1. The van der Waals surface area contributed by atoms with Gasteiger partial charge in [-0.3, -0.25) is 4.79 Å². The quantitative estimate of drug-likeness (QED) is 0.897. The van der Waals surface area contributed by atoms with Crippen molar-refractivity contribution in [2.75, 3.05) is 5.32 Å². The standard InChI is InChI=1S/C15H15NO4/c1-3-11-6-7-13(20-11)14(17)16-12-8-10(15(18)19)5-4-9(12)2/h4-8H,3H2,1-2H3,(H,16,17)(H,18,19). The molecule has 2 aromatic rings. The number of nitrogens with one attached hydrogen (secondary N) is 1. The SMILES string of the molecule is CCc1ccc(C(=O)Nc2cc(C(=O)O)ccc2C)o1. The second kappa shape index (κ2) is 5.61. The molecular weight excluding hydrogens is 258 g/mol. The maximum atomic E-state index is 12.0. The van der Waals surface area contributed by atoms with E-state index in [2.05, 4.69) is 5.32 Å². The van der Waals surface area contributed by atoms with Crippen LogP contribution in [0.1, 0.15) is 39.2 Å². The summed E-state index contributed by atoms with van der Waals surface area (Å²) >= 11 is 0. The summed E-state index contributed by atoms with van der Waals surface area (Å²) in [7, 11) is 0. The Hall–Kier alpha value is -2.56. The summed E-state index contributed by atoms with van der Waals surface area (Å²) in [5, 5.41) is 11.6. The minimum atomic E-state index is -1.04. The zero-order chi connectivity index (χ0) is 14.7. The molecule has 0 atom stereocenters. The third kappa shape index (κ3) is 2.88. The number of carbonyl (C=O) groups is 2. The molecular formula is C15H15NO4. The van der Waals surface area contributed by atoms with E-state index in [-0.39, 0.29) is 11.3 Å². The summed E-state index contributed by atoms with van der Waals surface area (Å²) in [4.78, 5) is 23.0. The lowest BCUT2D eigenvalue weighted by molar-refractivity contribution is 0.0696. The van der Waals surface area contributed by atoms with Crippen molar-refractivity contribution in [1.29, 1.82) is 0 Å². The molecule has 0 saturated carbocycles. The van der Waals surface area contributed by atoms with E-state index in [1.807, 2.05) is 6.92 Å². The van der Waals surface area contributed by atoms with Crippen LogP contribution >= 0.6 is 0 Å². The first-order valence-corrected chi connectivity index (χ1v) is 6.25. The van der Waals surface area contributed by atoms with E-state index in [0.29, 0.717) is 12.1 Å². The highest BCUT2D eigenvalue weighted by Gasteiger charge is 2.13. The minimum absolute atomic E-state index is 0.125. The summed E-state index contributed by atoms with van der Waals surface area (Å²) in [6.45, 7) is 3.72. The molecule has 1 aromatic heterocycles. The lowest BCUT2D eigenvalue weighted by Crippen LogP contribution is -2.12. The Balaban J connectivity index is 2.22. The first-order valence-electron chi connectivity index (χ1n) is 6.25. The number of carboxylic acid groups (broad SMARTS) is 1. The van der Waals surface area contributed by atoms with E-state index in [9.17, 15) is 9.59 Å². The lowest BCUT2D eigenvalue weighted by Gasteiger charge is -2.08. The molecule has 5 nitrogen and oxygen atoms in total. The van der Waals surface area contributed by atoms with Gasteiger partial charge < -0.3 is 14.8 Å². The summed E-state index contributed by atoms with van der Waals surface area (Å²) in [5.41, 5.74) is 1.37. The Morgan fingerprint density at radius 1 is 1.25 bits per heavy atom. The molecule has 0 aliphatic rings. The van der Waals surface area contributed by atoms with Gasteiger partial charge in [-0.15, -0.1) is 0 Å². The number of anilines is 1. The van der Waals surface area contributed by atoms with E-state index in [1.165, 1.54) is 12.1 Å². The largest absolute Gasteiger partial charge is 0.478 e. The molecule has 0 unspecified atom stereocenters. The van der Waals surface area contributed by atoms with Gasteiger partial charge in [-0.2, -0.15) is 0 Å².